The summed E-state index contributed by atoms with van der Waals surface area (Å²) in [5, 5.41) is 13.9. The summed E-state index contributed by atoms with van der Waals surface area (Å²) in [6.07, 6.45) is 68.5. The van der Waals surface area contributed by atoms with Gasteiger partial charge in [-0.15, -0.1) is 0 Å². The van der Waals surface area contributed by atoms with E-state index in [1.807, 2.05) is 27.2 Å². The maximum atomic E-state index is 13.0. The van der Waals surface area contributed by atoms with Gasteiger partial charge in [0.25, 0.3) is 0 Å². The van der Waals surface area contributed by atoms with Crippen LogP contribution in [0.15, 0.2) is 36.5 Å². The molecule has 8 nitrogen and oxygen atoms in total. The number of hydrogen-bond acceptors (Lipinski definition) is 5. The zero-order valence-electron chi connectivity index (χ0n) is 47.3. The van der Waals surface area contributed by atoms with Gasteiger partial charge in [-0.2, -0.15) is 0 Å². The van der Waals surface area contributed by atoms with Gasteiger partial charge in [-0.1, -0.05) is 281 Å². The molecule has 0 aromatic heterocycles. The number of nitrogens with one attached hydrogen (secondary N) is 1. The number of carbonyl (C=O) groups excluding carboxylic acids is 1. The summed E-state index contributed by atoms with van der Waals surface area (Å²) < 4.78 is 23.7. The van der Waals surface area contributed by atoms with E-state index in [0.717, 1.165) is 44.9 Å². The minimum Gasteiger partial charge on any atom is -0.387 e. The predicted octanol–water partition coefficient (Wildman–Crippen LogP) is 18.5. The van der Waals surface area contributed by atoms with Gasteiger partial charge in [0.2, 0.25) is 5.91 Å². The highest BCUT2D eigenvalue weighted by Crippen LogP contribution is 2.43. The van der Waals surface area contributed by atoms with E-state index in [9.17, 15) is 19.4 Å². The molecule has 0 aliphatic heterocycles. The minimum atomic E-state index is -4.36. The molecule has 0 saturated carbocycles. The molecule has 3 atom stereocenters. The zero-order chi connectivity index (χ0) is 51.3. The van der Waals surface area contributed by atoms with Crippen LogP contribution in [0.2, 0.25) is 0 Å². The molecule has 70 heavy (non-hydrogen) atoms. The molecular weight excluding hydrogens is 888 g/mol. The summed E-state index contributed by atoms with van der Waals surface area (Å²) in [6, 6.07) is -0.867. The second kappa shape index (κ2) is 52.6. The molecule has 0 aliphatic rings. The molecule has 0 heterocycles. The molecule has 9 heteroatoms. The van der Waals surface area contributed by atoms with Crippen LogP contribution in [0.25, 0.3) is 0 Å². The second-order valence-electron chi connectivity index (χ2n) is 22.1. The Bertz CT molecular complexity index is 1230. The van der Waals surface area contributed by atoms with Crippen LogP contribution < -0.4 is 5.32 Å². The fraction of sp³-hybridized carbons (Fsp3) is 0.885. The van der Waals surface area contributed by atoms with Gasteiger partial charge < -0.3 is 19.8 Å². The minimum absolute atomic E-state index is 0.0550. The van der Waals surface area contributed by atoms with E-state index in [2.05, 4.69) is 43.5 Å². The summed E-state index contributed by atoms with van der Waals surface area (Å²) in [5.74, 6) is -0.186. The highest BCUT2D eigenvalue weighted by Gasteiger charge is 2.27. The van der Waals surface area contributed by atoms with Crippen LogP contribution in [-0.2, 0) is 18.4 Å². The van der Waals surface area contributed by atoms with Crippen molar-refractivity contribution < 1.29 is 32.9 Å². The Kier molecular flexibility index (Phi) is 51.6. The van der Waals surface area contributed by atoms with Crippen LogP contribution >= 0.6 is 7.82 Å². The summed E-state index contributed by atoms with van der Waals surface area (Å²) in [7, 11) is 1.56. The molecule has 0 rings (SSSR count). The topological polar surface area (TPSA) is 105 Å². The van der Waals surface area contributed by atoms with Gasteiger partial charge in [-0.25, -0.2) is 4.57 Å². The monoisotopic (exact) mass is 1010 g/mol. The molecule has 1 amide bonds. The summed E-state index contributed by atoms with van der Waals surface area (Å²) >= 11 is 0. The number of phosphoric acid groups is 1. The largest absolute Gasteiger partial charge is 0.472 e. The van der Waals surface area contributed by atoms with Gasteiger partial charge in [0.1, 0.15) is 13.2 Å². The SMILES string of the molecule is CCCCCCCC/C=C/CC/C=C/CC/C=C/C(O)C(COP(=O)(O)OCC[N+](C)(C)C)NC(=O)CCCCCCCCCCCCCCCCCCCCCCCCCCCCCCCCCC. The van der Waals surface area contributed by atoms with Crippen LogP contribution in [0.5, 0.6) is 0 Å². The first-order chi connectivity index (χ1) is 34.0. The maximum Gasteiger partial charge on any atom is 0.472 e. The van der Waals surface area contributed by atoms with Gasteiger partial charge in [0, 0.05) is 6.42 Å². The van der Waals surface area contributed by atoms with Crippen LogP contribution in [0.3, 0.4) is 0 Å². The van der Waals surface area contributed by atoms with Gasteiger partial charge in [-0.05, 0) is 44.9 Å². The van der Waals surface area contributed by atoms with Gasteiger partial charge in [-0.3, -0.25) is 13.8 Å². The number of aliphatic hydroxyl groups excluding tert-OH is 1. The lowest BCUT2D eigenvalue weighted by molar-refractivity contribution is -0.870. The molecule has 0 aromatic carbocycles. The van der Waals surface area contributed by atoms with E-state index in [0.29, 0.717) is 17.4 Å². The van der Waals surface area contributed by atoms with Gasteiger partial charge in [0.05, 0.1) is 39.9 Å². The third kappa shape index (κ3) is 54.5. The number of carbonyl (C=O) groups is 1. The fourth-order valence-corrected chi connectivity index (χ4v) is 9.81. The van der Waals surface area contributed by atoms with E-state index in [4.69, 9.17) is 9.05 Å². The molecule has 0 spiro atoms. The highest BCUT2D eigenvalue weighted by molar-refractivity contribution is 7.47. The number of hydrogen-bond donors (Lipinski definition) is 3. The fourth-order valence-electron chi connectivity index (χ4n) is 9.08. The Hall–Kier alpha value is -1.28. The molecule has 0 fully saturated rings. The number of unbranched alkanes of at least 4 members (excludes halogenated alkanes) is 39. The van der Waals surface area contributed by atoms with Crippen LogP contribution in [-0.4, -0.2) is 73.4 Å². The maximum absolute atomic E-state index is 13.0. The molecule has 414 valence electrons. The number of aliphatic hydroxyl groups is 1. The number of phosphoric ester groups is 1. The normalized spacial score (nSPS) is 14.1. The van der Waals surface area contributed by atoms with E-state index < -0.39 is 20.0 Å². The Morgan fingerprint density at radius 3 is 1.14 bits per heavy atom. The van der Waals surface area contributed by atoms with Crippen molar-refractivity contribution in [2.45, 2.75) is 309 Å². The average molecular weight is 1010 g/mol. The van der Waals surface area contributed by atoms with E-state index in [1.165, 1.54) is 231 Å². The smallest absolute Gasteiger partial charge is 0.387 e. The zero-order valence-corrected chi connectivity index (χ0v) is 48.2. The first kappa shape index (κ1) is 68.7. The van der Waals surface area contributed by atoms with Crippen molar-refractivity contribution in [2.24, 2.45) is 0 Å². The van der Waals surface area contributed by atoms with Crippen molar-refractivity contribution in [1.29, 1.82) is 0 Å². The molecule has 0 aromatic rings. The number of likely N-dealkylation sites (N-methyl/N-ethyl adjacent to an activating group) is 1. The molecule has 0 bridgehead atoms. The van der Waals surface area contributed by atoms with Crippen molar-refractivity contribution in [3.05, 3.63) is 36.5 Å². The molecule has 3 unspecified atom stereocenters. The van der Waals surface area contributed by atoms with Crippen molar-refractivity contribution in [3.8, 4) is 0 Å². The number of rotatable bonds is 56. The van der Waals surface area contributed by atoms with Crippen molar-refractivity contribution in [3.63, 3.8) is 0 Å². The lowest BCUT2D eigenvalue weighted by atomic mass is 10.0. The second-order valence-corrected chi connectivity index (χ2v) is 23.5. The number of amides is 1. The van der Waals surface area contributed by atoms with Crippen molar-refractivity contribution in [1.82, 2.24) is 5.32 Å². The van der Waals surface area contributed by atoms with Crippen molar-refractivity contribution in [2.75, 3.05) is 40.9 Å². The first-order valence-corrected chi connectivity index (χ1v) is 31.9. The van der Waals surface area contributed by atoms with Crippen molar-refractivity contribution >= 4 is 13.7 Å². The first-order valence-electron chi connectivity index (χ1n) is 30.4. The Labute approximate surface area is 436 Å². The van der Waals surface area contributed by atoms with Gasteiger partial charge in [0.15, 0.2) is 0 Å². The van der Waals surface area contributed by atoms with E-state index in [-0.39, 0.29) is 19.1 Å². The van der Waals surface area contributed by atoms with Gasteiger partial charge >= 0.3 is 7.82 Å². The molecule has 3 N–H and O–H groups in total. The number of allylic oxidation sites excluding steroid dienone is 5. The summed E-state index contributed by atoms with van der Waals surface area (Å²) in [4.78, 5) is 23.3. The standard InChI is InChI=1S/C61H119N2O6P/c1-6-8-10-12-14-16-18-20-22-24-25-26-27-28-29-30-31-32-33-34-35-36-37-38-39-41-43-45-47-49-51-53-55-61(65)62-59(58-69-70(66,67)68-57-56-63(3,4)5)60(64)54-52-50-48-46-44-42-40-23-21-19-17-15-13-11-9-7-2/h21,23,44,46,52,54,59-60,64H,6-20,22,24-43,45,47-51,53,55-58H2,1-5H3,(H-,62,65,66,67)/p+1/b23-21+,46-44+,54-52+. The predicted molar refractivity (Wildman–Crippen MR) is 304 cm³/mol. The molecular formula is C61H120N2O6P+. The highest BCUT2D eigenvalue weighted by atomic mass is 31.2. The van der Waals surface area contributed by atoms with Crippen LogP contribution in [0, 0.1) is 0 Å². The van der Waals surface area contributed by atoms with Crippen LogP contribution in [0.1, 0.15) is 296 Å². The lowest BCUT2D eigenvalue weighted by Crippen LogP contribution is -2.45. The lowest BCUT2D eigenvalue weighted by Gasteiger charge is -2.25. The van der Waals surface area contributed by atoms with Crippen LogP contribution in [0.4, 0.5) is 0 Å². The summed E-state index contributed by atoms with van der Waals surface area (Å²) in [6.45, 7) is 4.81. The number of nitrogens with zero attached hydrogens (tertiary/aromatic N) is 1. The average Bonchev–Trinajstić information content (AvgIpc) is 3.32. The third-order valence-corrected chi connectivity index (χ3v) is 14.8. The van der Waals surface area contributed by atoms with E-state index >= 15 is 0 Å². The Morgan fingerprint density at radius 2 is 0.786 bits per heavy atom. The quantitative estimate of drug-likeness (QED) is 0.0243. The van der Waals surface area contributed by atoms with E-state index in [1.54, 1.807) is 6.08 Å². The molecule has 0 radical (unpaired) electrons. The molecule has 0 saturated heterocycles. The molecule has 0 aliphatic carbocycles. The summed E-state index contributed by atoms with van der Waals surface area (Å²) in [5.41, 5.74) is 0. The Balaban J connectivity index is 4.05. The Morgan fingerprint density at radius 1 is 0.471 bits per heavy atom. The number of quaternary nitrogens is 1. The third-order valence-electron chi connectivity index (χ3n) is 13.8.